The fraction of sp³-hybridized carbons (Fsp3) is 0.417. The van der Waals surface area contributed by atoms with Crippen molar-refractivity contribution < 1.29 is 9.53 Å². The summed E-state index contributed by atoms with van der Waals surface area (Å²) >= 11 is 2.91. The van der Waals surface area contributed by atoms with Gasteiger partial charge in [-0.05, 0) is 31.5 Å². The van der Waals surface area contributed by atoms with Crippen LogP contribution in [0.1, 0.15) is 19.4 Å². The molecule has 1 rings (SSSR count). The molecule has 0 radical (unpaired) electrons. The highest BCUT2D eigenvalue weighted by Gasteiger charge is 2.05. The van der Waals surface area contributed by atoms with E-state index in [2.05, 4.69) is 15.9 Å². The van der Waals surface area contributed by atoms with Crippen molar-refractivity contribution >= 4 is 20.7 Å². The van der Waals surface area contributed by atoms with Crippen LogP contribution in [0.5, 0.6) is 5.75 Å². The summed E-state index contributed by atoms with van der Waals surface area (Å²) in [5, 5.41) is 0. The highest BCUT2D eigenvalue weighted by Crippen LogP contribution is 2.15. The van der Waals surface area contributed by atoms with Gasteiger partial charge >= 0.3 is 0 Å². The van der Waals surface area contributed by atoms with Gasteiger partial charge in [-0.1, -0.05) is 12.1 Å². The normalized spacial score (nSPS) is 10.3. The zero-order chi connectivity index (χ0) is 12.1. The van der Waals surface area contributed by atoms with Crippen molar-refractivity contribution in [2.75, 3.05) is 7.05 Å². The van der Waals surface area contributed by atoms with E-state index in [0.29, 0.717) is 6.54 Å². The van der Waals surface area contributed by atoms with Crippen molar-refractivity contribution in [3.8, 4) is 5.75 Å². The first-order valence-corrected chi connectivity index (χ1v) is 5.94. The maximum absolute atomic E-state index is 11.0. The van der Waals surface area contributed by atoms with E-state index in [1.807, 2.05) is 38.1 Å². The number of halogens is 1. The fourth-order valence-corrected chi connectivity index (χ4v) is 1.41. The first-order chi connectivity index (χ1) is 7.49. The van der Waals surface area contributed by atoms with E-state index < -0.39 is 0 Å². The van der Waals surface area contributed by atoms with Crippen LogP contribution in [0.25, 0.3) is 0 Å². The van der Waals surface area contributed by atoms with Gasteiger partial charge in [0.05, 0.1) is 6.10 Å². The topological polar surface area (TPSA) is 29.5 Å². The Morgan fingerprint density at radius 3 is 2.38 bits per heavy atom. The van der Waals surface area contributed by atoms with Gasteiger partial charge in [-0.2, -0.15) is 0 Å². The van der Waals surface area contributed by atoms with Crippen molar-refractivity contribution in [3.05, 3.63) is 29.8 Å². The summed E-state index contributed by atoms with van der Waals surface area (Å²) in [7, 11) is 1.75. The highest BCUT2D eigenvalue weighted by atomic mass is 79.9. The molecule has 0 fully saturated rings. The Balaban J connectivity index is 2.61. The second kappa shape index (κ2) is 5.89. The molecule has 0 N–H and O–H groups in total. The van der Waals surface area contributed by atoms with Crippen LogP contribution in [-0.2, 0) is 6.54 Å². The van der Waals surface area contributed by atoms with Crippen LogP contribution in [0.15, 0.2) is 24.3 Å². The van der Waals surface area contributed by atoms with Gasteiger partial charge in [0, 0.05) is 29.5 Å². The van der Waals surface area contributed by atoms with E-state index >= 15 is 0 Å². The van der Waals surface area contributed by atoms with Crippen LogP contribution in [-0.4, -0.2) is 22.9 Å². The van der Waals surface area contributed by atoms with Gasteiger partial charge in [-0.3, -0.25) is 4.79 Å². The van der Waals surface area contributed by atoms with Crippen LogP contribution in [0.3, 0.4) is 0 Å². The van der Waals surface area contributed by atoms with Gasteiger partial charge in [-0.25, -0.2) is 0 Å². The van der Waals surface area contributed by atoms with Gasteiger partial charge in [-0.15, -0.1) is 0 Å². The molecule has 0 aliphatic rings. The number of hydrogen-bond acceptors (Lipinski definition) is 2. The summed E-state index contributed by atoms with van der Waals surface area (Å²) in [4.78, 5) is 12.5. The minimum atomic E-state index is -0.116. The zero-order valence-corrected chi connectivity index (χ0v) is 11.3. The predicted octanol–water partition coefficient (Wildman–Crippen LogP) is 3.42. The lowest BCUT2D eigenvalue weighted by Crippen LogP contribution is -2.19. The molecule has 16 heavy (non-hydrogen) atoms. The largest absolute Gasteiger partial charge is 0.491 e. The maximum Gasteiger partial charge on any atom is 0.289 e. The fourth-order valence-electron chi connectivity index (χ4n) is 1.28. The summed E-state index contributed by atoms with van der Waals surface area (Å²) in [6, 6.07) is 7.76. The second-order valence-electron chi connectivity index (χ2n) is 3.92. The third-order valence-corrected chi connectivity index (χ3v) is 2.62. The summed E-state index contributed by atoms with van der Waals surface area (Å²) in [6.07, 6.45) is 0.178. The predicted molar refractivity (Wildman–Crippen MR) is 68.0 cm³/mol. The number of carbonyl (C=O) groups is 1. The minimum absolute atomic E-state index is 0.116. The Labute approximate surface area is 105 Å². The SMILES string of the molecule is CC(C)Oc1ccc(CN(C)C(=O)Br)cc1. The molecule has 0 saturated carbocycles. The summed E-state index contributed by atoms with van der Waals surface area (Å²) in [6.45, 7) is 4.57. The van der Waals surface area contributed by atoms with Crippen molar-refractivity contribution in [2.45, 2.75) is 26.5 Å². The van der Waals surface area contributed by atoms with Crippen molar-refractivity contribution in [1.82, 2.24) is 4.90 Å². The lowest BCUT2D eigenvalue weighted by Gasteiger charge is -2.14. The first kappa shape index (κ1) is 13.0. The van der Waals surface area contributed by atoms with E-state index in [1.54, 1.807) is 11.9 Å². The lowest BCUT2D eigenvalue weighted by molar-refractivity contribution is 0.233. The Hall–Kier alpha value is -1.03. The molecule has 88 valence electrons. The Kier molecular flexibility index (Phi) is 4.80. The molecule has 1 aromatic rings. The molecule has 1 amide bonds. The smallest absolute Gasteiger partial charge is 0.289 e. The van der Waals surface area contributed by atoms with E-state index in [1.165, 1.54) is 0 Å². The molecule has 0 bridgehead atoms. The standard InChI is InChI=1S/C12H16BrNO2/c1-9(2)16-11-6-4-10(5-7-11)8-14(3)12(13)15/h4-7,9H,8H2,1-3H3. The maximum atomic E-state index is 11.0. The third kappa shape index (κ3) is 4.23. The van der Waals surface area contributed by atoms with E-state index in [9.17, 15) is 4.79 Å². The summed E-state index contributed by atoms with van der Waals surface area (Å²) in [5.74, 6) is 0.853. The molecular weight excluding hydrogens is 270 g/mol. The Morgan fingerprint density at radius 1 is 1.38 bits per heavy atom. The summed E-state index contributed by atoms with van der Waals surface area (Å²) in [5.41, 5.74) is 1.08. The van der Waals surface area contributed by atoms with Gasteiger partial charge in [0.1, 0.15) is 5.75 Å². The molecule has 3 nitrogen and oxygen atoms in total. The van der Waals surface area contributed by atoms with Crippen LogP contribution < -0.4 is 4.74 Å². The molecule has 0 aromatic heterocycles. The number of nitrogens with zero attached hydrogens (tertiary/aromatic N) is 1. The van der Waals surface area contributed by atoms with E-state index in [0.717, 1.165) is 11.3 Å². The number of benzene rings is 1. The molecular formula is C12H16BrNO2. The first-order valence-electron chi connectivity index (χ1n) is 5.15. The van der Waals surface area contributed by atoms with Gasteiger partial charge < -0.3 is 9.64 Å². The molecule has 0 aliphatic heterocycles. The van der Waals surface area contributed by atoms with Crippen molar-refractivity contribution in [3.63, 3.8) is 0 Å². The number of rotatable bonds is 4. The van der Waals surface area contributed by atoms with E-state index in [4.69, 9.17) is 4.74 Å². The van der Waals surface area contributed by atoms with Crippen molar-refractivity contribution in [1.29, 1.82) is 0 Å². The van der Waals surface area contributed by atoms with Crippen molar-refractivity contribution in [2.24, 2.45) is 0 Å². The molecule has 0 atom stereocenters. The van der Waals surface area contributed by atoms with E-state index in [-0.39, 0.29) is 10.9 Å². The molecule has 0 spiro atoms. The highest BCUT2D eigenvalue weighted by molar-refractivity contribution is 9.18. The Bertz CT molecular complexity index is 349. The van der Waals surface area contributed by atoms with Crippen LogP contribution in [0.4, 0.5) is 4.79 Å². The average Bonchev–Trinajstić information content (AvgIpc) is 2.20. The molecule has 0 saturated heterocycles. The minimum Gasteiger partial charge on any atom is -0.491 e. The number of hydrogen-bond donors (Lipinski definition) is 0. The number of carbonyl (C=O) groups excluding carboxylic acids is 1. The van der Waals surface area contributed by atoms with Gasteiger partial charge in [0.15, 0.2) is 0 Å². The quantitative estimate of drug-likeness (QED) is 0.627. The van der Waals surface area contributed by atoms with Crippen LogP contribution >= 0.6 is 15.9 Å². The number of amides is 1. The molecule has 1 aromatic carbocycles. The molecule has 0 heterocycles. The van der Waals surface area contributed by atoms with Crippen LogP contribution in [0.2, 0.25) is 0 Å². The Morgan fingerprint density at radius 2 is 1.94 bits per heavy atom. The summed E-state index contributed by atoms with van der Waals surface area (Å²) < 4.78 is 5.53. The molecule has 0 unspecified atom stereocenters. The monoisotopic (exact) mass is 285 g/mol. The second-order valence-corrected chi connectivity index (χ2v) is 4.60. The van der Waals surface area contributed by atoms with Crippen LogP contribution in [0, 0.1) is 0 Å². The van der Waals surface area contributed by atoms with Gasteiger partial charge in [0.25, 0.3) is 4.82 Å². The molecule has 0 aliphatic carbocycles. The molecule has 4 heteroatoms. The van der Waals surface area contributed by atoms with Gasteiger partial charge in [0.2, 0.25) is 0 Å². The lowest BCUT2D eigenvalue weighted by atomic mass is 10.2. The number of ether oxygens (including phenoxy) is 1. The third-order valence-electron chi connectivity index (χ3n) is 2.01. The zero-order valence-electron chi connectivity index (χ0n) is 9.74. The average molecular weight is 286 g/mol.